The zero-order chi connectivity index (χ0) is 9.30. The van der Waals surface area contributed by atoms with Crippen molar-refractivity contribution in [1.82, 2.24) is 0 Å². The lowest BCUT2D eigenvalue weighted by Gasteiger charge is -2.10. The van der Waals surface area contributed by atoms with E-state index in [2.05, 4.69) is 0 Å². The Kier molecular flexibility index (Phi) is 2.27. The van der Waals surface area contributed by atoms with Crippen LogP contribution in [0.4, 0.5) is 0 Å². The largest absolute Gasteiger partial charge is 0.504 e. The summed E-state index contributed by atoms with van der Waals surface area (Å²) in [5, 5.41) is 18.7. The van der Waals surface area contributed by atoms with E-state index in [9.17, 15) is 10.2 Å². The van der Waals surface area contributed by atoms with Gasteiger partial charge in [-0.15, -0.1) is 0 Å². The van der Waals surface area contributed by atoms with Crippen molar-refractivity contribution < 1.29 is 10.2 Å². The standard InChI is InChI=1S/C10H14O2/c1-6(2)8-4-7(3)5-9(11)10(8)12/h4-6,11-12H,1-3H3. The molecule has 0 unspecified atom stereocenters. The van der Waals surface area contributed by atoms with Crippen LogP contribution in [0.1, 0.15) is 30.9 Å². The number of aryl methyl sites for hydroxylation is 1. The summed E-state index contributed by atoms with van der Waals surface area (Å²) in [6.45, 7) is 5.85. The van der Waals surface area contributed by atoms with Crippen LogP contribution < -0.4 is 0 Å². The van der Waals surface area contributed by atoms with Crippen LogP contribution in [0.5, 0.6) is 11.5 Å². The van der Waals surface area contributed by atoms with Gasteiger partial charge in [-0.1, -0.05) is 19.9 Å². The Morgan fingerprint density at radius 1 is 1.17 bits per heavy atom. The van der Waals surface area contributed by atoms with Gasteiger partial charge in [0.1, 0.15) is 0 Å². The average Bonchev–Trinajstić information content (AvgIpc) is 1.96. The van der Waals surface area contributed by atoms with Gasteiger partial charge in [0.05, 0.1) is 0 Å². The summed E-state index contributed by atoms with van der Waals surface area (Å²) in [6, 6.07) is 3.45. The van der Waals surface area contributed by atoms with Crippen LogP contribution in [0.3, 0.4) is 0 Å². The molecule has 1 aromatic carbocycles. The van der Waals surface area contributed by atoms with Gasteiger partial charge < -0.3 is 10.2 Å². The Morgan fingerprint density at radius 3 is 2.25 bits per heavy atom. The molecule has 12 heavy (non-hydrogen) atoms. The average molecular weight is 166 g/mol. The number of benzene rings is 1. The van der Waals surface area contributed by atoms with E-state index in [1.165, 1.54) is 0 Å². The SMILES string of the molecule is Cc1cc(O)c(O)c(C(C)C)c1. The van der Waals surface area contributed by atoms with Crippen LogP contribution in [-0.2, 0) is 0 Å². The maximum absolute atomic E-state index is 9.44. The molecule has 0 aromatic heterocycles. The van der Waals surface area contributed by atoms with Crippen molar-refractivity contribution in [1.29, 1.82) is 0 Å². The van der Waals surface area contributed by atoms with E-state index in [4.69, 9.17) is 0 Å². The molecule has 2 nitrogen and oxygen atoms in total. The Morgan fingerprint density at radius 2 is 1.75 bits per heavy atom. The van der Waals surface area contributed by atoms with Gasteiger partial charge in [-0.2, -0.15) is 0 Å². The van der Waals surface area contributed by atoms with Crippen molar-refractivity contribution in [3.63, 3.8) is 0 Å². The quantitative estimate of drug-likeness (QED) is 0.629. The lowest BCUT2D eigenvalue weighted by molar-refractivity contribution is 0.397. The number of hydrogen-bond donors (Lipinski definition) is 2. The molecule has 2 heteroatoms. The molecule has 0 aliphatic carbocycles. The predicted molar refractivity (Wildman–Crippen MR) is 48.6 cm³/mol. The minimum Gasteiger partial charge on any atom is -0.504 e. The summed E-state index contributed by atoms with van der Waals surface area (Å²) in [4.78, 5) is 0. The molecule has 66 valence electrons. The number of phenolic OH excluding ortho intramolecular Hbond substituents is 2. The van der Waals surface area contributed by atoms with Gasteiger partial charge in [-0.05, 0) is 24.5 Å². The number of phenols is 2. The minimum absolute atomic E-state index is 0.00981. The van der Waals surface area contributed by atoms with E-state index in [1.807, 2.05) is 26.8 Å². The lowest BCUT2D eigenvalue weighted by atomic mass is 9.99. The topological polar surface area (TPSA) is 40.5 Å². The highest BCUT2D eigenvalue weighted by Crippen LogP contribution is 2.34. The van der Waals surface area contributed by atoms with Crippen LogP contribution in [0.2, 0.25) is 0 Å². The van der Waals surface area contributed by atoms with Crippen molar-refractivity contribution in [2.45, 2.75) is 26.7 Å². The van der Waals surface area contributed by atoms with E-state index in [0.29, 0.717) is 0 Å². The summed E-state index contributed by atoms with van der Waals surface area (Å²) in [6.07, 6.45) is 0. The highest BCUT2D eigenvalue weighted by Gasteiger charge is 2.09. The summed E-state index contributed by atoms with van der Waals surface area (Å²) in [5.41, 5.74) is 1.77. The molecule has 0 bridgehead atoms. The number of aromatic hydroxyl groups is 2. The van der Waals surface area contributed by atoms with Crippen molar-refractivity contribution in [3.8, 4) is 11.5 Å². The highest BCUT2D eigenvalue weighted by molar-refractivity contribution is 5.48. The molecule has 0 spiro atoms. The summed E-state index contributed by atoms with van der Waals surface area (Å²) < 4.78 is 0. The van der Waals surface area contributed by atoms with Gasteiger partial charge in [0.15, 0.2) is 11.5 Å². The minimum atomic E-state index is -0.0290. The maximum atomic E-state index is 9.44. The normalized spacial score (nSPS) is 10.7. The van der Waals surface area contributed by atoms with E-state index in [0.717, 1.165) is 11.1 Å². The van der Waals surface area contributed by atoms with E-state index >= 15 is 0 Å². The molecular weight excluding hydrogens is 152 g/mol. The molecule has 0 fully saturated rings. The summed E-state index contributed by atoms with van der Waals surface area (Å²) in [5.74, 6) is 0.213. The molecule has 0 atom stereocenters. The van der Waals surface area contributed by atoms with Crippen LogP contribution >= 0.6 is 0 Å². The van der Waals surface area contributed by atoms with Crippen molar-refractivity contribution >= 4 is 0 Å². The van der Waals surface area contributed by atoms with Crippen molar-refractivity contribution in [3.05, 3.63) is 23.3 Å². The molecule has 0 saturated carbocycles. The molecule has 0 saturated heterocycles. The second-order valence-electron chi connectivity index (χ2n) is 3.38. The molecule has 2 N–H and O–H groups in total. The van der Waals surface area contributed by atoms with Gasteiger partial charge in [0.2, 0.25) is 0 Å². The number of hydrogen-bond acceptors (Lipinski definition) is 2. The maximum Gasteiger partial charge on any atom is 0.160 e. The molecule has 0 radical (unpaired) electrons. The summed E-state index contributed by atoms with van der Waals surface area (Å²) in [7, 11) is 0. The van der Waals surface area contributed by atoms with Gasteiger partial charge in [-0.25, -0.2) is 0 Å². The Balaban J connectivity index is 3.28. The first-order valence-corrected chi connectivity index (χ1v) is 4.05. The Bertz CT molecular complexity index is 290. The molecule has 1 aromatic rings. The Hall–Kier alpha value is -1.18. The molecular formula is C10H14O2. The second kappa shape index (κ2) is 3.05. The fourth-order valence-corrected chi connectivity index (χ4v) is 1.23. The van der Waals surface area contributed by atoms with Gasteiger partial charge in [0, 0.05) is 5.56 Å². The van der Waals surface area contributed by atoms with Crippen LogP contribution in [0.25, 0.3) is 0 Å². The van der Waals surface area contributed by atoms with Gasteiger partial charge in [-0.3, -0.25) is 0 Å². The van der Waals surface area contributed by atoms with Gasteiger partial charge in [0.25, 0.3) is 0 Å². The summed E-state index contributed by atoms with van der Waals surface area (Å²) >= 11 is 0. The first-order chi connectivity index (χ1) is 5.52. The lowest BCUT2D eigenvalue weighted by Crippen LogP contribution is -1.89. The van der Waals surface area contributed by atoms with E-state index in [1.54, 1.807) is 6.07 Å². The third-order valence-corrected chi connectivity index (χ3v) is 1.89. The van der Waals surface area contributed by atoms with Crippen molar-refractivity contribution in [2.24, 2.45) is 0 Å². The first kappa shape index (κ1) is 8.91. The smallest absolute Gasteiger partial charge is 0.160 e. The second-order valence-corrected chi connectivity index (χ2v) is 3.38. The first-order valence-electron chi connectivity index (χ1n) is 4.05. The Labute approximate surface area is 72.5 Å². The molecule has 0 heterocycles. The third-order valence-electron chi connectivity index (χ3n) is 1.89. The van der Waals surface area contributed by atoms with Crippen LogP contribution in [0, 0.1) is 6.92 Å². The fraction of sp³-hybridized carbons (Fsp3) is 0.400. The molecule has 0 aliphatic heterocycles. The molecule has 0 amide bonds. The zero-order valence-electron chi connectivity index (χ0n) is 7.63. The van der Waals surface area contributed by atoms with E-state index in [-0.39, 0.29) is 17.4 Å². The fourth-order valence-electron chi connectivity index (χ4n) is 1.23. The zero-order valence-corrected chi connectivity index (χ0v) is 7.63. The van der Waals surface area contributed by atoms with Crippen LogP contribution in [0.15, 0.2) is 12.1 Å². The van der Waals surface area contributed by atoms with Crippen LogP contribution in [-0.4, -0.2) is 10.2 Å². The highest BCUT2D eigenvalue weighted by atomic mass is 16.3. The molecule has 1 rings (SSSR count). The number of rotatable bonds is 1. The predicted octanol–water partition coefficient (Wildman–Crippen LogP) is 2.53. The monoisotopic (exact) mass is 166 g/mol. The molecule has 0 aliphatic rings. The third kappa shape index (κ3) is 1.52. The van der Waals surface area contributed by atoms with Crippen molar-refractivity contribution in [2.75, 3.05) is 0 Å². The van der Waals surface area contributed by atoms with Gasteiger partial charge >= 0.3 is 0 Å². The van der Waals surface area contributed by atoms with E-state index < -0.39 is 0 Å².